The Bertz CT molecular complexity index is 1950. The minimum atomic E-state index is -1.19. The maximum atomic E-state index is 14.0. The Kier molecular flexibility index (Phi) is 9.29. The minimum Gasteiger partial charge on any atom is -0.478 e. The van der Waals surface area contributed by atoms with Gasteiger partial charge < -0.3 is 15.7 Å². The SMILES string of the molecule is N#Cc1c(NC(=O)C(Sc2cccc(NC(=O)c3ccccc3C(=O)O)c2)c2ccccc2)sc2c1CCC(c1ccccc1)C2. The van der Waals surface area contributed by atoms with E-state index in [1.807, 2.05) is 42.5 Å². The molecule has 9 heteroatoms. The second-order valence-electron chi connectivity index (χ2n) is 10.9. The number of nitrogens with zero attached hydrogens (tertiary/aromatic N) is 1. The quantitative estimate of drug-likeness (QED) is 0.139. The van der Waals surface area contributed by atoms with Crippen LogP contribution in [0.5, 0.6) is 0 Å². The van der Waals surface area contributed by atoms with Crippen molar-refractivity contribution in [2.45, 2.75) is 35.3 Å². The molecule has 0 bridgehead atoms. The molecule has 4 aromatic carbocycles. The van der Waals surface area contributed by atoms with Crippen LogP contribution in [-0.2, 0) is 17.6 Å². The third-order valence-electron chi connectivity index (χ3n) is 7.97. The number of carbonyl (C=O) groups is 3. The van der Waals surface area contributed by atoms with Gasteiger partial charge in [0.05, 0.1) is 16.7 Å². The molecule has 2 atom stereocenters. The molecule has 1 aliphatic rings. The van der Waals surface area contributed by atoms with Gasteiger partial charge in [0, 0.05) is 15.5 Å². The van der Waals surface area contributed by atoms with Crippen LogP contribution in [0.3, 0.4) is 0 Å². The number of nitriles is 1. The Hall–Kier alpha value is -5.17. The molecular weight excluding hydrogens is 615 g/mol. The summed E-state index contributed by atoms with van der Waals surface area (Å²) in [5.41, 5.74) is 4.09. The highest BCUT2D eigenvalue weighted by atomic mass is 32.2. The monoisotopic (exact) mass is 643 g/mol. The zero-order valence-corrected chi connectivity index (χ0v) is 26.2. The Balaban J connectivity index is 1.23. The van der Waals surface area contributed by atoms with E-state index in [1.54, 1.807) is 30.3 Å². The van der Waals surface area contributed by atoms with E-state index in [9.17, 15) is 24.8 Å². The number of thiophene rings is 1. The average molecular weight is 644 g/mol. The van der Waals surface area contributed by atoms with Crippen molar-refractivity contribution in [2.75, 3.05) is 10.6 Å². The van der Waals surface area contributed by atoms with Crippen LogP contribution in [0.2, 0.25) is 0 Å². The van der Waals surface area contributed by atoms with E-state index in [1.165, 1.54) is 40.8 Å². The number of anilines is 2. The molecule has 7 nitrogen and oxygen atoms in total. The number of aromatic carboxylic acids is 1. The van der Waals surface area contributed by atoms with Crippen molar-refractivity contribution in [3.05, 3.63) is 147 Å². The van der Waals surface area contributed by atoms with Gasteiger partial charge in [0.1, 0.15) is 16.3 Å². The number of thioether (sulfide) groups is 1. The van der Waals surface area contributed by atoms with Gasteiger partial charge in [-0.15, -0.1) is 23.1 Å². The summed E-state index contributed by atoms with van der Waals surface area (Å²) >= 11 is 2.81. The number of fused-ring (bicyclic) bond motifs is 1. The number of amides is 2. The lowest BCUT2D eigenvalue weighted by Crippen LogP contribution is -2.19. The van der Waals surface area contributed by atoms with Crippen LogP contribution in [0.25, 0.3) is 0 Å². The third kappa shape index (κ3) is 6.74. The maximum Gasteiger partial charge on any atom is 0.336 e. The van der Waals surface area contributed by atoms with Gasteiger partial charge in [-0.1, -0.05) is 78.9 Å². The lowest BCUT2D eigenvalue weighted by Gasteiger charge is -2.22. The number of carbonyl (C=O) groups excluding carboxylic acids is 2. The highest BCUT2D eigenvalue weighted by molar-refractivity contribution is 8.00. The summed E-state index contributed by atoms with van der Waals surface area (Å²) < 4.78 is 0. The first kappa shape index (κ1) is 30.8. The maximum absolute atomic E-state index is 14.0. The van der Waals surface area contributed by atoms with Crippen molar-refractivity contribution >= 4 is 51.6 Å². The highest BCUT2D eigenvalue weighted by Gasteiger charge is 2.29. The molecular formula is C37H29N3O4S2. The van der Waals surface area contributed by atoms with Crippen molar-refractivity contribution in [3.63, 3.8) is 0 Å². The third-order valence-corrected chi connectivity index (χ3v) is 10.4. The van der Waals surface area contributed by atoms with Crippen LogP contribution in [0.1, 0.15) is 65.4 Å². The van der Waals surface area contributed by atoms with Gasteiger partial charge in [-0.05, 0) is 72.2 Å². The molecule has 0 fully saturated rings. The predicted octanol–water partition coefficient (Wildman–Crippen LogP) is 8.31. The van der Waals surface area contributed by atoms with Crippen LogP contribution in [0.15, 0.2) is 114 Å². The van der Waals surface area contributed by atoms with E-state index in [0.717, 1.165) is 40.2 Å². The summed E-state index contributed by atoms with van der Waals surface area (Å²) in [6.07, 6.45) is 2.57. The van der Waals surface area contributed by atoms with Gasteiger partial charge in [0.2, 0.25) is 5.91 Å². The molecule has 46 heavy (non-hydrogen) atoms. The van der Waals surface area contributed by atoms with Crippen LogP contribution in [0, 0.1) is 11.3 Å². The summed E-state index contributed by atoms with van der Waals surface area (Å²) in [5.74, 6) is -1.61. The summed E-state index contributed by atoms with van der Waals surface area (Å²) in [6, 6.07) is 35.3. The Labute approximate surface area is 274 Å². The first-order valence-corrected chi connectivity index (χ1v) is 16.5. The Morgan fingerprint density at radius 3 is 2.28 bits per heavy atom. The summed E-state index contributed by atoms with van der Waals surface area (Å²) in [5, 5.41) is 25.4. The van der Waals surface area contributed by atoms with Crippen molar-refractivity contribution in [1.29, 1.82) is 5.26 Å². The fraction of sp³-hybridized carbons (Fsp3) is 0.135. The van der Waals surface area contributed by atoms with Crippen LogP contribution in [-0.4, -0.2) is 22.9 Å². The van der Waals surface area contributed by atoms with Crippen molar-refractivity contribution in [2.24, 2.45) is 0 Å². The number of benzene rings is 4. The van der Waals surface area contributed by atoms with Gasteiger partial charge in [-0.25, -0.2) is 4.79 Å². The normalized spacial score (nSPS) is 14.4. The number of nitrogens with one attached hydrogen (secondary N) is 2. The van der Waals surface area contributed by atoms with Gasteiger partial charge in [0.15, 0.2) is 0 Å². The van der Waals surface area contributed by atoms with Gasteiger partial charge in [-0.2, -0.15) is 5.26 Å². The molecule has 3 N–H and O–H groups in total. The molecule has 5 aromatic rings. The molecule has 0 saturated carbocycles. The van der Waals surface area contributed by atoms with Crippen LogP contribution in [0.4, 0.5) is 10.7 Å². The van der Waals surface area contributed by atoms with E-state index in [4.69, 9.17) is 0 Å². The first-order valence-electron chi connectivity index (χ1n) is 14.8. The average Bonchev–Trinajstić information content (AvgIpc) is 3.44. The molecule has 0 radical (unpaired) electrons. The second-order valence-corrected chi connectivity index (χ2v) is 13.2. The molecule has 2 unspecified atom stereocenters. The lowest BCUT2D eigenvalue weighted by molar-refractivity contribution is -0.115. The minimum absolute atomic E-state index is 0.0524. The van der Waals surface area contributed by atoms with Crippen LogP contribution < -0.4 is 10.6 Å². The summed E-state index contributed by atoms with van der Waals surface area (Å²) in [6.45, 7) is 0. The molecule has 1 heterocycles. The standard InChI is InChI=1S/C37H29N3O4S2/c38-22-31-28-19-18-25(23-10-3-1-4-11-23)20-32(28)46-36(31)40-35(42)33(24-12-5-2-6-13-24)45-27-15-9-14-26(21-27)39-34(41)29-16-7-8-17-30(29)37(43)44/h1-17,21,25,33H,18-20H2,(H,39,41)(H,40,42)(H,43,44). The Morgan fingerprint density at radius 2 is 1.57 bits per heavy atom. The zero-order chi connectivity index (χ0) is 32.0. The summed E-state index contributed by atoms with van der Waals surface area (Å²) in [4.78, 5) is 40.4. The lowest BCUT2D eigenvalue weighted by atomic mass is 9.83. The van der Waals surface area contributed by atoms with Gasteiger partial charge >= 0.3 is 5.97 Å². The smallest absolute Gasteiger partial charge is 0.336 e. The van der Waals surface area contributed by atoms with E-state index in [0.29, 0.717) is 22.2 Å². The number of hydrogen-bond acceptors (Lipinski definition) is 6. The van der Waals surface area contributed by atoms with E-state index < -0.39 is 17.1 Å². The number of rotatable bonds is 9. The van der Waals surface area contributed by atoms with Crippen molar-refractivity contribution < 1.29 is 19.5 Å². The van der Waals surface area contributed by atoms with E-state index >= 15 is 0 Å². The molecule has 1 aromatic heterocycles. The molecule has 0 saturated heterocycles. The second kappa shape index (κ2) is 13.9. The van der Waals surface area contributed by atoms with E-state index in [2.05, 4.69) is 41.0 Å². The molecule has 6 rings (SSSR count). The number of carboxylic acid groups (broad SMARTS) is 1. The fourth-order valence-corrected chi connectivity index (χ4v) is 8.09. The number of carboxylic acids is 1. The topological polar surface area (TPSA) is 119 Å². The Morgan fingerprint density at radius 1 is 0.870 bits per heavy atom. The molecule has 0 spiro atoms. The van der Waals surface area contributed by atoms with Gasteiger partial charge in [0.25, 0.3) is 5.91 Å². The molecule has 1 aliphatic carbocycles. The molecule has 2 amide bonds. The molecule has 228 valence electrons. The van der Waals surface area contributed by atoms with E-state index in [-0.39, 0.29) is 17.0 Å². The molecule has 0 aliphatic heterocycles. The van der Waals surface area contributed by atoms with Crippen LogP contribution >= 0.6 is 23.1 Å². The first-order chi connectivity index (χ1) is 22.4. The number of hydrogen-bond donors (Lipinski definition) is 3. The highest BCUT2D eigenvalue weighted by Crippen LogP contribution is 2.43. The summed E-state index contributed by atoms with van der Waals surface area (Å²) in [7, 11) is 0. The zero-order valence-electron chi connectivity index (χ0n) is 24.6. The largest absolute Gasteiger partial charge is 0.478 e. The van der Waals surface area contributed by atoms with Crippen molar-refractivity contribution in [3.8, 4) is 6.07 Å². The van der Waals surface area contributed by atoms with Crippen molar-refractivity contribution in [1.82, 2.24) is 0 Å². The van der Waals surface area contributed by atoms with Gasteiger partial charge in [-0.3, -0.25) is 9.59 Å². The predicted molar refractivity (Wildman–Crippen MR) is 182 cm³/mol. The fourth-order valence-electron chi connectivity index (χ4n) is 5.73.